The van der Waals surface area contributed by atoms with Crippen LogP contribution in [0.25, 0.3) is 10.9 Å². The molecule has 0 saturated carbocycles. The van der Waals surface area contributed by atoms with E-state index in [1.54, 1.807) is 30.5 Å². The van der Waals surface area contributed by atoms with E-state index in [2.05, 4.69) is 30.9 Å². The summed E-state index contributed by atoms with van der Waals surface area (Å²) in [5.74, 6) is -3.06. The monoisotopic (exact) mass is 545 g/mol. The van der Waals surface area contributed by atoms with E-state index in [0.717, 1.165) is 22.0 Å². The number of hydrogen-bond acceptors (Lipinski definition) is 6. The van der Waals surface area contributed by atoms with E-state index in [1.807, 2.05) is 30.3 Å². The van der Waals surface area contributed by atoms with Crippen LogP contribution in [0.15, 0.2) is 73.3 Å². The van der Waals surface area contributed by atoms with Crippen molar-refractivity contribution in [1.82, 2.24) is 30.9 Å². The number of rotatable bonds is 13. The number of amides is 3. The molecule has 0 aliphatic heterocycles. The van der Waals surface area contributed by atoms with Crippen LogP contribution in [0.3, 0.4) is 0 Å². The first kappa shape index (κ1) is 28.0. The Balaban J connectivity index is 1.58. The van der Waals surface area contributed by atoms with E-state index in [9.17, 15) is 24.3 Å². The van der Waals surface area contributed by atoms with Gasteiger partial charge in [-0.3, -0.25) is 14.4 Å². The van der Waals surface area contributed by atoms with Crippen LogP contribution in [0.2, 0.25) is 0 Å². The summed E-state index contributed by atoms with van der Waals surface area (Å²) >= 11 is 0. The molecule has 0 aliphatic rings. The number of nitrogens with two attached hydrogens (primary N) is 1. The number of carbonyl (C=O) groups is 4. The van der Waals surface area contributed by atoms with E-state index in [0.29, 0.717) is 5.69 Å². The predicted octanol–water partition coefficient (Wildman–Crippen LogP) is 0.417. The Hall–Kier alpha value is -4.97. The van der Waals surface area contributed by atoms with Gasteiger partial charge in [0.15, 0.2) is 0 Å². The van der Waals surface area contributed by atoms with Gasteiger partial charge in [0, 0.05) is 48.3 Å². The fourth-order valence-electron chi connectivity index (χ4n) is 4.40. The molecule has 4 rings (SSSR count). The molecule has 8 N–H and O–H groups in total. The van der Waals surface area contributed by atoms with Crippen molar-refractivity contribution in [1.29, 1.82) is 0 Å². The third kappa shape index (κ3) is 7.32. The molecule has 2 aromatic heterocycles. The highest BCUT2D eigenvalue weighted by atomic mass is 16.4. The summed E-state index contributed by atoms with van der Waals surface area (Å²) in [4.78, 5) is 61.1. The van der Waals surface area contributed by atoms with Gasteiger partial charge in [-0.05, 0) is 17.2 Å². The van der Waals surface area contributed by atoms with Crippen LogP contribution in [-0.4, -0.2) is 68.4 Å². The first-order chi connectivity index (χ1) is 19.3. The Labute approximate surface area is 229 Å². The predicted molar refractivity (Wildman–Crippen MR) is 147 cm³/mol. The minimum absolute atomic E-state index is 0.0602. The molecule has 0 spiro atoms. The molecule has 3 unspecified atom stereocenters. The highest BCUT2D eigenvalue weighted by molar-refractivity contribution is 5.94. The van der Waals surface area contributed by atoms with Crippen LogP contribution < -0.4 is 21.7 Å². The molecule has 4 aromatic rings. The highest BCUT2D eigenvalue weighted by Gasteiger charge is 2.30. The van der Waals surface area contributed by atoms with E-state index < -0.39 is 41.8 Å². The van der Waals surface area contributed by atoms with Crippen molar-refractivity contribution in [3.63, 3.8) is 0 Å². The van der Waals surface area contributed by atoms with Gasteiger partial charge in [0.05, 0.1) is 12.9 Å². The molecule has 0 bridgehead atoms. The Bertz CT molecular complexity index is 1450. The normalized spacial score (nSPS) is 13.2. The number of para-hydroxylation sites is 1. The van der Waals surface area contributed by atoms with Gasteiger partial charge >= 0.3 is 5.97 Å². The van der Waals surface area contributed by atoms with Gasteiger partial charge in [-0.25, -0.2) is 9.78 Å². The lowest BCUT2D eigenvalue weighted by Crippen LogP contribution is -2.57. The van der Waals surface area contributed by atoms with Crippen molar-refractivity contribution >= 4 is 34.6 Å². The average Bonchev–Trinajstić information content (AvgIpc) is 3.62. The highest BCUT2D eigenvalue weighted by Crippen LogP contribution is 2.19. The second-order valence-electron chi connectivity index (χ2n) is 9.32. The first-order valence-electron chi connectivity index (χ1n) is 12.7. The molecule has 0 saturated heterocycles. The number of carbonyl (C=O) groups excluding carboxylic acids is 3. The summed E-state index contributed by atoms with van der Waals surface area (Å²) in [5.41, 5.74) is 8.37. The van der Waals surface area contributed by atoms with Crippen molar-refractivity contribution < 1.29 is 24.3 Å². The van der Waals surface area contributed by atoms with Gasteiger partial charge in [0.25, 0.3) is 0 Å². The number of nitrogens with zero attached hydrogens (tertiary/aromatic N) is 1. The molecule has 0 fully saturated rings. The third-order valence-electron chi connectivity index (χ3n) is 6.45. The average molecular weight is 546 g/mol. The number of carboxylic acids is 1. The van der Waals surface area contributed by atoms with Gasteiger partial charge < -0.3 is 36.8 Å². The molecule has 3 amide bonds. The Morgan fingerprint density at radius 1 is 0.825 bits per heavy atom. The van der Waals surface area contributed by atoms with Crippen LogP contribution in [0.5, 0.6) is 0 Å². The van der Waals surface area contributed by atoms with Crippen LogP contribution in [0, 0.1) is 0 Å². The summed E-state index contributed by atoms with van der Waals surface area (Å²) in [6.45, 7) is -0.328. The molecule has 2 heterocycles. The van der Waals surface area contributed by atoms with Crippen molar-refractivity contribution in [3.05, 3.63) is 90.1 Å². The SMILES string of the molecule is NCC(=O)NC(Cc1cnc[nH]1)C(=O)NC(Cc1c[nH]c2ccccc12)C(=O)NC(Cc1ccccc1)C(=O)O. The van der Waals surface area contributed by atoms with Crippen molar-refractivity contribution in [3.8, 4) is 0 Å². The summed E-state index contributed by atoms with van der Waals surface area (Å²) in [6.07, 6.45) is 4.91. The zero-order chi connectivity index (χ0) is 28.5. The van der Waals surface area contributed by atoms with E-state index in [1.165, 1.54) is 12.5 Å². The van der Waals surface area contributed by atoms with Crippen LogP contribution in [0.4, 0.5) is 0 Å². The number of hydrogen-bond donors (Lipinski definition) is 7. The lowest BCUT2D eigenvalue weighted by Gasteiger charge is -2.24. The number of nitrogens with one attached hydrogen (secondary N) is 5. The summed E-state index contributed by atoms with van der Waals surface area (Å²) in [5, 5.41) is 18.6. The lowest BCUT2D eigenvalue weighted by atomic mass is 10.0. The lowest BCUT2D eigenvalue weighted by molar-refractivity contribution is -0.142. The Morgan fingerprint density at radius 2 is 1.50 bits per heavy atom. The zero-order valence-electron chi connectivity index (χ0n) is 21.6. The standard InChI is InChI=1S/C28H31N7O5/c29-13-25(36)33-23(12-19-15-30-16-32-19)27(38)34-22(11-18-14-31-21-9-5-4-8-20(18)21)26(37)35-24(28(39)40)10-17-6-2-1-3-7-17/h1-9,14-16,22-24,31H,10-13,29H2,(H,30,32)(H,33,36)(H,34,38)(H,35,37)(H,39,40). The number of fused-ring (bicyclic) bond motifs is 1. The second-order valence-corrected chi connectivity index (χ2v) is 9.32. The Kier molecular flexibility index (Phi) is 9.26. The maximum atomic E-state index is 13.5. The molecule has 0 radical (unpaired) electrons. The van der Waals surface area contributed by atoms with E-state index in [-0.39, 0.29) is 25.8 Å². The molecule has 3 atom stereocenters. The molecule has 12 nitrogen and oxygen atoms in total. The van der Waals surface area contributed by atoms with E-state index in [4.69, 9.17) is 5.73 Å². The third-order valence-corrected chi connectivity index (χ3v) is 6.45. The van der Waals surface area contributed by atoms with E-state index >= 15 is 0 Å². The number of H-pyrrole nitrogens is 2. The number of aromatic amines is 2. The maximum absolute atomic E-state index is 13.5. The number of aliphatic carboxylic acids is 1. The van der Waals surface area contributed by atoms with Gasteiger partial charge in [-0.15, -0.1) is 0 Å². The smallest absolute Gasteiger partial charge is 0.326 e. The maximum Gasteiger partial charge on any atom is 0.326 e. The largest absolute Gasteiger partial charge is 0.480 e. The zero-order valence-corrected chi connectivity index (χ0v) is 21.6. The molecule has 40 heavy (non-hydrogen) atoms. The topological polar surface area (TPSA) is 195 Å². The summed E-state index contributed by atoms with van der Waals surface area (Å²) in [7, 11) is 0. The number of aromatic nitrogens is 3. The van der Waals surface area contributed by atoms with Crippen LogP contribution in [-0.2, 0) is 38.4 Å². The van der Waals surface area contributed by atoms with Gasteiger partial charge in [-0.1, -0.05) is 48.5 Å². The summed E-state index contributed by atoms with van der Waals surface area (Å²) < 4.78 is 0. The number of imidazole rings is 1. The van der Waals surface area contributed by atoms with Crippen LogP contribution in [0.1, 0.15) is 16.8 Å². The molecular weight excluding hydrogens is 514 g/mol. The number of benzene rings is 2. The second kappa shape index (κ2) is 13.2. The van der Waals surface area contributed by atoms with Gasteiger partial charge in [0.1, 0.15) is 18.1 Å². The fourth-order valence-corrected chi connectivity index (χ4v) is 4.40. The minimum Gasteiger partial charge on any atom is -0.480 e. The van der Waals surface area contributed by atoms with Crippen LogP contribution >= 0.6 is 0 Å². The first-order valence-corrected chi connectivity index (χ1v) is 12.7. The number of carboxylic acid groups (broad SMARTS) is 1. The molecular formula is C28H31N7O5. The molecule has 12 heteroatoms. The van der Waals surface area contributed by atoms with Crippen molar-refractivity contribution in [2.75, 3.05) is 6.54 Å². The summed E-state index contributed by atoms with van der Waals surface area (Å²) in [6, 6.07) is 13.0. The molecule has 2 aromatic carbocycles. The van der Waals surface area contributed by atoms with Crippen molar-refractivity contribution in [2.45, 2.75) is 37.4 Å². The minimum atomic E-state index is -1.23. The molecule has 0 aliphatic carbocycles. The Morgan fingerprint density at radius 3 is 2.17 bits per heavy atom. The van der Waals surface area contributed by atoms with Gasteiger partial charge in [-0.2, -0.15) is 0 Å². The van der Waals surface area contributed by atoms with Gasteiger partial charge in [0.2, 0.25) is 17.7 Å². The molecule has 208 valence electrons. The quantitative estimate of drug-likeness (QED) is 0.126. The fraction of sp³-hybridized carbons (Fsp3) is 0.250. The van der Waals surface area contributed by atoms with Crippen molar-refractivity contribution in [2.24, 2.45) is 5.73 Å².